The second-order valence-corrected chi connectivity index (χ2v) is 6.83. The fourth-order valence-electron chi connectivity index (χ4n) is 2.30. The quantitative estimate of drug-likeness (QED) is 0.0945. The van der Waals surface area contributed by atoms with Crippen molar-refractivity contribution in [3.8, 4) is 0 Å². The third kappa shape index (κ3) is 12.2. The highest BCUT2D eigenvalue weighted by Crippen LogP contribution is 2.00. The first-order chi connectivity index (χ1) is 17.2. The number of oxime groups is 2. The van der Waals surface area contributed by atoms with Crippen molar-refractivity contribution in [2.24, 2.45) is 27.5 Å². The van der Waals surface area contributed by atoms with Crippen LogP contribution in [-0.2, 0) is 14.4 Å². The maximum atomic E-state index is 11.0. The summed E-state index contributed by atoms with van der Waals surface area (Å²) in [4.78, 5) is 25.7. The lowest BCUT2D eigenvalue weighted by Gasteiger charge is -1.99. The number of rotatable bonds is 7. The van der Waals surface area contributed by atoms with E-state index in [9.17, 15) is 9.59 Å². The van der Waals surface area contributed by atoms with Gasteiger partial charge in [-0.25, -0.2) is 4.79 Å². The summed E-state index contributed by atoms with van der Waals surface area (Å²) >= 11 is 0. The number of carboxylic acid groups (broad SMARTS) is 1. The molecule has 3 rings (SSSR count). The average Bonchev–Trinajstić information content (AvgIpc) is 2.92. The van der Waals surface area contributed by atoms with Gasteiger partial charge in [0.1, 0.15) is 5.84 Å². The fourth-order valence-corrected chi connectivity index (χ4v) is 2.30. The molecule has 3 aromatic carbocycles. The van der Waals surface area contributed by atoms with Gasteiger partial charge in [-0.05, 0) is 0 Å². The predicted molar refractivity (Wildman–Crippen MR) is 137 cm³/mol. The second kappa shape index (κ2) is 16.4. The normalized spacial score (nSPS) is 10.6. The third-order valence-electron chi connectivity index (χ3n) is 4.12. The molecule has 0 aliphatic carbocycles. The number of nitrogens with zero attached hydrogens (tertiary/aromatic N) is 2. The maximum Gasteiger partial charge on any atom is 0.335 e. The lowest BCUT2D eigenvalue weighted by molar-refractivity contribution is -0.147. The monoisotopic (exact) mass is 492 g/mol. The molecular weight excluding hydrogens is 464 g/mol. The highest BCUT2D eigenvalue weighted by atomic mass is 16.7. The molecule has 0 atom stereocenters. The van der Waals surface area contributed by atoms with Gasteiger partial charge >= 0.3 is 11.9 Å². The Morgan fingerprint density at radius 3 is 1.50 bits per heavy atom. The molecule has 0 amide bonds. The fraction of sp³-hybridized carbons (Fsp3) is 0.0800. The molecule has 0 saturated carbocycles. The van der Waals surface area contributed by atoms with Crippen LogP contribution in [0.4, 0.5) is 0 Å². The molecule has 0 spiro atoms. The largest absolute Gasteiger partial charge is 0.481 e. The summed E-state index contributed by atoms with van der Waals surface area (Å²) < 4.78 is 0. The van der Waals surface area contributed by atoms with Crippen molar-refractivity contribution >= 4 is 29.4 Å². The first-order valence-corrected chi connectivity index (χ1v) is 10.5. The van der Waals surface area contributed by atoms with Gasteiger partial charge in [0.15, 0.2) is 11.7 Å². The average molecular weight is 493 g/mol. The predicted octanol–water partition coefficient (Wildman–Crippen LogP) is 2.47. The molecule has 9 N–H and O–H groups in total. The summed E-state index contributed by atoms with van der Waals surface area (Å²) in [5, 5.41) is 29.9. The zero-order valence-corrected chi connectivity index (χ0v) is 19.3. The van der Waals surface area contributed by atoms with Gasteiger partial charge in [0.25, 0.3) is 0 Å². The van der Waals surface area contributed by atoms with E-state index in [-0.39, 0.29) is 30.3 Å². The molecule has 0 aliphatic heterocycles. The van der Waals surface area contributed by atoms with E-state index in [2.05, 4.69) is 15.1 Å². The Bertz CT molecular complexity index is 1150. The van der Waals surface area contributed by atoms with Crippen molar-refractivity contribution in [2.45, 2.75) is 12.8 Å². The number of carboxylic acids is 1. The van der Waals surface area contributed by atoms with Crippen molar-refractivity contribution in [2.75, 3.05) is 0 Å². The molecule has 11 heteroatoms. The summed E-state index contributed by atoms with van der Waals surface area (Å²) in [6.07, 6.45) is -0.527. The van der Waals surface area contributed by atoms with E-state index in [1.54, 1.807) is 36.4 Å². The van der Waals surface area contributed by atoms with Crippen molar-refractivity contribution in [1.29, 1.82) is 5.41 Å². The Morgan fingerprint density at radius 2 is 1.14 bits per heavy atom. The number of aliphatic carboxylic acids is 1. The number of hydrogen-bond donors (Lipinski definition) is 6. The minimum Gasteiger partial charge on any atom is -0.481 e. The molecular formula is C25H28N6O5. The number of hydrogen-bond acceptors (Lipinski definition) is 7. The van der Waals surface area contributed by atoms with Gasteiger partial charge in [-0.1, -0.05) is 101 Å². The van der Waals surface area contributed by atoms with Gasteiger partial charge in [0.2, 0.25) is 0 Å². The van der Waals surface area contributed by atoms with Gasteiger partial charge < -0.3 is 32.4 Å². The van der Waals surface area contributed by atoms with Crippen LogP contribution in [0.2, 0.25) is 0 Å². The first kappa shape index (κ1) is 28.8. The van der Waals surface area contributed by atoms with Crippen LogP contribution in [0.15, 0.2) is 101 Å². The Kier molecular flexibility index (Phi) is 13.2. The molecule has 0 aromatic heterocycles. The minimum absolute atomic E-state index is 0.0641. The standard InChI is InChI=1S/C11H12N2O4.C7H8N2O.C7H8N2/c12-11(8-4-2-1-3-5-8)13-17-10(16)7-6-9(14)15;8-7(9-10)6-4-2-1-3-5-6;8-7(9)6-4-2-1-3-5-6/h1-5H,6-7H2,(H2,12,13)(H,14,15);1-5,10H,(H2,8,9);1-5H,(H3,8,9). The molecule has 0 bridgehead atoms. The molecule has 36 heavy (non-hydrogen) atoms. The Hall–Kier alpha value is -5.19. The molecule has 0 radical (unpaired) electrons. The van der Waals surface area contributed by atoms with Gasteiger partial charge in [-0.2, -0.15) is 0 Å². The highest BCUT2D eigenvalue weighted by molar-refractivity contribution is 5.97. The molecule has 11 nitrogen and oxygen atoms in total. The van der Waals surface area contributed by atoms with E-state index < -0.39 is 11.9 Å². The van der Waals surface area contributed by atoms with E-state index in [4.69, 9.17) is 32.9 Å². The number of benzene rings is 3. The van der Waals surface area contributed by atoms with E-state index in [0.717, 1.165) is 11.1 Å². The summed E-state index contributed by atoms with van der Waals surface area (Å²) in [6, 6.07) is 27.1. The number of nitrogen functional groups attached to an aromatic ring is 1. The van der Waals surface area contributed by atoms with Gasteiger partial charge in [0, 0.05) is 16.7 Å². The molecule has 188 valence electrons. The third-order valence-corrected chi connectivity index (χ3v) is 4.12. The number of amidine groups is 3. The molecule has 0 aliphatic rings. The molecule has 3 aromatic rings. The van der Waals surface area contributed by atoms with Crippen LogP contribution in [-0.4, -0.2) is 39.8 Å². The van der Waals surface area contributed by atoms with Gasteiger partial charge in [-0.15, -0.1) is 0 Å². The number of carbonyl (C=O) groups excluding carboxylic acids is 1. The van der Waals surface area contributed by atoms with E-state index >= 15 is 0 Å². The Morgan fingerprint density at radius 1 is 0.722 bits per heavy atom. The van der Waals surface area contributed by atoms with Crippen LogP contribution >= 0.6 is 0 Å². The van der Waals surface area contributed by atoms with E-state index in [1.165, 1.54) is 0 Å². The van der Waals surface area contributed by atoms with E-state index in [1.807, 2.05) is 54.6 Å². The SMILES string of the molecule is N/C(=N\O)c1ccccc1.N/C(=N\OC(=O)CCC(=O)O)c1ccccc1.N=C(N)c1ccccc1. The summed E-state index contributed by atoms with van der Waals surface area (Å²) in [5.74, 6) is -1.47. The smallest absolute Gasteiger partial charge is 0.335 e. The summed E-state index contributed by atoms with van der Waals surface area (Å²) in [7, 11) is 0. The van der Waals surface area contributed by atoms with Crippen molar-refractivity contribution in [3.05, 3.63) is 108 Å². The van der Waals surface area contributed by atoms with Gasteiger partial charge in [0.05, 0.1) is 12.8 Å². The van der Waals surface area contributed by atoms with Crippen LogP contribution < -0.4 is 17.2 Å². The number of nitrogens with two attached hydrogens (primary N) is 3. The van der Waals surface area contributed by atoms with Crippen LogP contribution in [0.25, 0.3) is 0 Å². The maximum absolute atomic E-state index is 11.0. The Labute approximate surface area is 208 Å². The Balaban J connectivity index is 0.000000290. The van der Waals surface area contributed by atoms with Crippen LogP contribution in [0, 0.1) is 5.41 Å². The summed E-state index contributed by atoms with van der Waals surface area (Å²) in [6.45, 7) is 0. The molecule has 0 heterocycles. The van der Waals surface area contributed by atoms with Crippen LogP contribution in [0.3, 0.4) is 0 Å². The minimum atomic E-state index is -1.07. The topological polar surface area (TPSA) is 210 Å². The number of nitrogens with one attached hydrogen (secondary N) is 1. The highest BCUT2D eigenvalue weighted by Gasteiger charge is 2.07. The van der Waals surface area contributed by atoms with Crippen LogP contribution in [0.5, 0.6) is 0 Å². The van der Waals surface area contributed by atoms with E-state index in [0.29, 0.717) is 5.56 Å². The first-order valence-electron chi connectivity index (χ1n) is 10.5. The molecule has 0 unspecified atom stereocenters. The van der Waals surface area contributed by atoms with Gasteiger partial charge in [-0.3, -0.25) is 10.2 Å². The second-order valence-electron chi connectivity index (χ2n) is 6.83. The summed E-state index contributed by atoms with van der Waals surface area (Å²) in [5.41, 5.74) is 18.2. The lowest BCUT2D eigenvalue weighted by atomic mass is 10.2. The molecule has 0 saturated heterocycles. The van der Waals surface area contributed by atoms with Crippen molar-refractivity contribution < 1.29 is 24.7 Å². The lowest BCUT2D eigenvalue weighted by Crippen LogP contribution is -2.15. The van der Waals surface area contributed by atoms with Crippen molar-refractivity contribution in [1.82, 2.24) is 0 Å². The zero-order chi connectivity index (χ0) is 26.8. The van der Waals surface area contributed by atoms with Crippen molar-refractivity contribution in [3.63, 3.8) is 0 Å². The zero-order valence-electron chi connectivity index (χ0n) is 19.3. The molecule has 0 fully saturated rings. The number of carbonyl (C=O) groups is 2. The van der Waals surface area contributed by atoms with Crippen LogP contribution in [0.1, 0.15) is 29.5 Å².